The summed E-state index contributed by atoms with van der Waals surface area (Å²) in [6, 6.07) is 6.08. The molecule has 1 saturated heterocycles. The zero-order valence-electron chi connectivity index (χ0n) is 12.8. The molecule has 112 valence electrons. The highest BCUT2D eigenvalue weighted by Crippen LogP contribution is 2.27. The Balaban J connectivity index is 1.65. The summed E-state index contributed by atoms with van der Waals surface area (Å²) in [4.78, 5) is 1.75. The van der Waals surface area contributed by atoms with Crippen LogP contribution in [0.1, 0.15) is 18.4 Å². The fourth-order valence-electron chi connectivity index (χ4n) is 2.68. The van der Waals surface area contributed by atoms with Gasteiger partial charge in [-0.25, -0.2) is 0 Å². The summed E-state index contributed by atoms with van der Waals surface area (Å²) in [6.45, 7) is 9.31. The molecule has 0 aromatic heterocycles. The summed E-state index contributed by atoms with van der Waals surface area (Å²) >= 11 is 0. The third-order valence-electron chi connectivity index (χ3n) is 3.91. The fraction of sp³-hybridized carbons (Fsp3) is 0.625. The summed E-state index contributed by atoms with van der Waals surface area (Å²) in [6.07, 6.45) is 2.35. The lowest BCUT2D eigenvalue weighted by Gasteiger charge is -2.22. The van der Waals surface area contributed by atoms with Crippen molar-refractivity contribution in [2.24, 2.45) is 0 Å². The van der Waals surface area contributed by atoms with E-state index >= 15 is 0 Å². The van der Waals surface area contributed by atoms with E-state index in [2.05, 4.69) is 18.3 Å². The van der Waals surface area contributed by atoms with Crippen molar-refractivity contribution in [2.75, 3.05) is 46.4 Å². The van der Waals surface area contributed by atoms with Gasteiger partial charge in [0.25, 0.3) is 0 Å². The minimum absolute atomic E-state index is 0.777. The van der Waals surface area contributed by atoms with Crippen molar-refractivity contribution in [1.29, 1.82) is 0 Å². The first-order valence-corrected chi connectivity index (χ1v) is 7.72. The molecule has 0 spiro atoms. The van der Waals surface area contributed by atoms with Crippen LogP contribution in [-0.2, 0) is 0 Å². The van der Waals surface area contributed by atoms with E-state index in [4.69, 9.17) is 9.47 Å². The molecular weight excluding hydrogens is 252 g/mol. The Bertz CT molecular complexity index is 403. The molecule has 3 N–H and O–H groups in total. The number of rotatable bonds is 7. The maximum Gasteiger partial charge on any atom is 0.161 e. The average molecular weight is 280 g/mol. The van der Waals surface area contributed by atoms with Gasteiger partial charge < -0.3 is 19.7 Å². The first kappa shape index (κ1) is 15.1. The number of hydrogen-bond donors (Lipinski definition) is 2. The van der Waals surface area contributed by atoms with Crippen molar-refractivity contribution in [2.45, 2.75) is 19.8 Å². The van der Waals surface area contributed by atoms with Crippen molar-refractivity contribution in [3.8, 4) is 11.5 Å². The van der Waals surface area contributed by atoms with Crippen molar-refractivity contribution < 1.29 is 19.7 Å². The second-order valence-corrected chi connectivity index (χ2v) is 5.58. The zero-order chi connectivity index (χ0) is 14.2. The third-order valence-corrected chi connectivity index (χ3v) is 3.91. The zero-order valence-corrected chi connectivity index (χ0v) is 12.8. The molecule has 1 aliphatic heterocycles. The minimum atomic E-state index is 0.777. The number of aryl methyl sites for hydroxylation is 1. The van der Waals surface area contributed by atoms with Crippen LogP contribution in [-0.4, -0.2) is 46.4 Å². The number of ether oxygens (including phenoxy) is 2. The van der Waals surface area contributed by atoms with Crippen LogP contribution >= 0.6 is 0 Å². The number of nitrogens with one attached hydrogen (secondary N) is 1. The van der Waals surface area contributed by atoms with E-state index in [0.717, 1.165) is 24.5 Å². The predicted octanol–water partition coefficient (Wildman–Crippen LogP) is -0.375. The molecule has 0 amide bonds. The summed E-state index contributed by atoms with van der Waals surface area (Å²) in [5.41, 5.74) is 1.19. The van der Waals surface area contributed by atoms with Gasteiger partial charge in [-0.1, -0.05) is 6.07 Å². The van der Waals surface area contributed by atoms with Gasteiger partial charge >= 0.3 is 0 Å². The predicted molar refractivity (Wildman–Crippen MR) is 79.7 cm³/mol. The van der Waals surface area contributed by atoms with Gasteiger partial charge in [0.1, 0.15) is 26.2 Å². The topological polar surface area (TPSA) is 39.5 Å². The van der Waals surface area contributed by atoms with Crippen LogP contribution in [0, 0.1) is 6.92 Å². The van der Waals surface area contributed by atoms with Gasteiger partial charge in [0.2, 0.25) is 0 Å². The lowest BCUT2D eigenvalue weighted by Crippen LogP contribution is -3.20. The summed E-state index contributed by atoms with van der Waals surface area (Å²) < 4.78 is 11.2. The molecular formula is C16H28N2O2+2. The van der Waals surface area contributed by atoms with Crippen molar-refractivity contribution >= 4 is 0 Å². The van der Waals surface area contributed by atoms with E-state index in [9.17, 15) is 0 Å². The number of quaternary nitrogens is 2. The van der Waals surface area contributed by atoms with Gasteiger partial charge in [-0.3, -0.25) is 0 Å². The molecule has 0 bridgehead atoms. The monoisotopic (exact) mass is 280 g/mol. The van der Waals surface area contributed by atoms with Crippen LogP contribution < -0.4 is 19.7 Å². The number of hydrogen-bond acceptors (Lipinski definition) is 2. The lowest BCUT2D eigenvalue weighted by molar-refractivity contribution is -0.946. The van der Waals surface area contributed by atoms with E-state index < -0.39 is 0 Å². The first-order valence-electron chi connectivity index (χ1n) is 7.72. The van der Waals surface area contributed by atoms with Crippen LogP contribution in [0.3, 0.4) is 0 Å². The molecule has 0 radical (unpaired) electrons. The number of methoxy groups -OCH3 is 1. The summed E-state index contributed by atoms with van der Waals surface area (Å²) in [7, 11) is 1.69. The fourth-order valence-corrected chi connectivity index (χ4v) is 2.68. The molecule has 0 saturated carbocycles. The number of nitrogens with two attached hydrogens (primary N) is 1. The highest BCUT2D eigenvalue weighted by Gasteiger charge is 2.14. The third kappa shape index (κ3) is 4.69. The molecule has 4 nitrogen and oxygen atoms in total. The Morgan fingerprint density at radius 1 is 1.15 bits per heavy atom. The van der Waals surface area contributed by atoms with Crippen molar-refractivity contribution in [1.82, 2.24) is 0 Å². The second kappa shape index (κ2) is 8.12. The van der Waals surface area contributed by atoms with Gasteiger partial charge in [0, 0.05) is 0 Å². The van der Waals surface area contributed by atoms with E-state index in [-0.39, 0.29) is 0 Å². The van der Waals surface area contributed by atoms with Crippen molar-refractivity contribution in [3.63, 3.8) is 0 Å². The molecule has 4 heteroatoms. The molecule has 1 heterocycles. The van der Waals surface area contributed by atoms with E-state index in [0.29, 0.717) is 0 Å². The molecule has 1 aliphatic rings. The van der Waals surface area contributed by atoms with E-state index in [1.165, 1.54) is 44.7 Å². The minimum Gasteiger partial charge on any atom is -0.493 e. The standard InChI is InChI=1S/C16H26N2O2/c1-14-5-6-15(16(13-14)19-2)20-12-4-3-9-18-10-7-17-8-11-18/h5-6,13,17H,3-4,7-12H2,1-2H3/p+2. The highest BCUT2D eigenvalue weighted by atomic mass is 16.5. The largest absolute Gasteiger partial charge is 0.493 e. The first-order chi connectivity index (χ1) is 9.79. The quantitative estimate of drug-likeness (QED) is 0.669. The lowest BCUT2D eigenvalue weighted by atomic mass is 10.2. The number of benzene rings is 1. The molecule has 1 aromatic rings. The molecule has 1 fully saturated rings. The molecule has 0 unspecified atom stereocenters. The average Bonchev–Trinajstić information content (AvgIpc) is 2.49. The summed E-state index contributed by atoms with van der Waals surface area (Å²) in [5, 5.41) is 2.41. The van der Waals surface area contributed by atoms with Gasteiger partial charge in [-0.2, -0.15) is 0 Å². The molecule has 2 rings (SSSR count). The van der Waals surface area contributed by atoms with Crippen molar-refractivity contribution in [3.05, 3.63) is 23.8 Å². The van der Waals surface area contributed by atoms with Gasteiger partial charge in [-0.05, 0) is 37.5 Å². The molecule has 1 aromatic carbocycles. The van der Waals surface area contributed by atoms with Crippen LogP contribution in [0.4, 0.5) is 0 Å². The Labute approximate surface area is 122 Å². The second-order valence-electron chi connectivity index (χ2n) is 5.58. The normalized spacial score (nSPS) is 16.1. The van der Waals surface area contributed by atoms with Crippen LogP contribution in [0.5, 0.6) is 11.5 Å². The van der Waals surface area contributed by atoms with E-state index in [1.54, 1.807) is 12.0 Å². The highest BCUT2D eigenvalue weighted by molar-refractivity contribution is 5.42. The Kier molecular flexibility index (Phi) is 6.15. The summed E-state index contributed by atoms with van der Waals surface area (Å²) in [5.74, 6) is 1.69. The van der Waals surface area contributed by atoms with Crippen LogP contribution in [0.15, 0.2) is 18.2 Å². The molecule has 20 heavy (non-hydrogen) atoms. The van der Waals surface area contributed by atoms with Gasteiger partial charge in [0.05, 0.1) is 20.3 Å². The Morgan fingerprint density at radius 3 is 2.70 bits per heavy atom. The Morgan fingerprint density at radius 2 is 1.95 bits per heavy atom. The molecule has 0 atom stereocenters. The maximum atomic E-state index is 5.83. The SMILES string of the molecule is COc1cc(C)ccc1OCCCC[NH+]1CC[NH2+]CC1. The van der Waals surface area contributed by atoms with Gasteiger partial charge in [-0.15, -0.1) is 0 Å². The maximum absolute atomic E-state index is 5.83. The number of piperazine rings is 1. The van der Waals surface area contributed by atoms with Crippen LogP contribution in [0.25, 0.3) is 0 Å². The van der Waals surface area contributed by atoms with Crippen LogP contribution in [0.2, 0.25) is 0 Å². The smallest absolute Gasteiger partial charge is 0.161 e. The molecule has 0 aliphatic carbocycles. The number of unbranched alkanes of at least 4 members (excludes halogenated alkanes) is 1. The van der Waals surface area contributed by atoms with Gasteiger partial charge in [0.15, 0.2) is 11.5 Å². The Hall–Kier alpha value is -1.26. The van der Waals surface area contributed by atoms with E-state index in [1.807, 2.05) is 12.1 Å².